The van der Waals surface area contributed by atoms with Crippen LogP contribution in [0.1, 0.15) is 62.8 Å². The van der Waals surface area contributed by atoms with Crippen molar-refractivity contribution < 1.29 is 19.0 Å². The molecule has 0 spiro atoms. The summed E-state index contributed by atoms with van der Waals surface area (Å²) in [4.78, 5) is 19.0. The maximum atomic E-state index is 16.7. The van der Waals surface area contributed by atoms with Gasteiger partial charge < -0.3 is 24.8 Å². The van der Waals surface area contributed by atoms with Gasteiger partial charge in [0.1, 0.15) is 29.4 Å². The number of phenolic OH excluding ortho intramolecular Hbond substituents is 1. The standard InChI is InChI=1S/C32H38ClFN6O3/c1-42-16-21-7-9-32(8-2-10-40(21)32)17-43-31-37-29-24(30(38-31)39-14-19-5-6-20(15-39)36-19)13-35-28(27(29)34)23-11-22(41)12-25(33)26(23)18-3-4-18/h11-13,18-21,36,41H,2-10,14-17H2,1H3/t19?,20?,21-,32+/m0/s1. The number of piperazine rings is 1. The molecular formula is C32H38ClFN6O3. The molecule has 43 heavy (non-hydrogen) atoms. The second-order valence-electron chi connectivity index (χ2n) is 13.2. The number of nitrogens with zero attached hydrogens (tertiary/aromatic N) is 5. The molecule has 8 rings (SSSR count). The molecule has 3 aromatic rings. The summed E-state index contributed by atoms with van der Waals surface area (Å²) in [5.41, 5.74) is 1.60. The van der Waals surface area contributed by atoms with E-state index in [-0.39, 0.29) is 34.4 Å². The number of halogens is 2. The van der Waals surface area contributed by atoms with Crippen LogP contribution in [0.2, 0.25) is 5.02 Å². The summed E-state index contributed by atoms with van der Waals surface area (Å²) in [7, 11) is 1.76. The van der Waals surface area contributed by atoms with E-state index >= 15 is 4.39 Å². The molecule has 228 valence electrons. The predicted octanol–water partition coefficient (Wildman–Crippen LogP) is 5.03. The van der Waals surface area contributed by atoms with Crippen molar-refractivity contribution >= 4 is 28.3 Å². The third-order valence-electron chi connectivity index (χ3n) is 10.4. The number of ether oxygens (including phenoxy) is 2. The summed E-state index contributed by atoms with van der Waals surface area (Å²) >= 11 is 6.57. The lowest BCUT2D eigenvalue weighted by Crippen LogP contribution is -2.51. The summed E-state index contributed by atoms with van der Waals surface area (Å²) in [6.07, 6.45) is 10.2. The number of hydrogen-bond acceptors (Lipinski definition) is 9. The zero-order valence-corrected chi connectivity index (χ0v) is 25.2. The van der Waals surface area contributed by atoms with Crippen molar-refractivity contribution in [2.24, 2.45) is 0 Å². The summed E-state index contributed by atoms with van der Waals surface area (Å²) in [6, 6.07) is 4.42. The summed E-state index contributed by atoms with van der Waals surface area (Å²) < 4.78 is 28.6. The fraction of sp³-hybridized carbons (Fsp3) is 0.594. The molecule has 4 saturated heterocycles. The number of phenols is 1. The van der Waals surface area contributed by atoms with Crippen molar-refractivity contribution in [1.29, 1.82) is 0 Å². The Bertz CT molecular complexity index is 1560. The van der Waals surface area contributed by atoms with Crippen molar-refractivity contribution in [2.75, 3.05) is 44.9 Å². The predicted molar refractivity (Wildman–Crippen MR) is 163 cm³/mol. The van der Waals surface area contributed by atoms with Gasteiger partial charge >= 0.3 is 6.01 Å². The zero-order chi connectivity index (χ0) is 29.3. The normalized spacial score (nSPS) is 28.6. The number of anilines is 1. The fourth-order valence-electron chi connectivity index (χ4n) is 8.25. The second kappa shape index (κ2) is 10.7. The van der Waals surface area contributed by atoms with Gasteiger partial charge in [0.05, 0.1) is 17.5 Å². The maximum Gasteiger partial charge on any atom is 0.319 e. The number of hydrogen-bond donors (Lipinski definition) is 2. The number of nitrogens with one attached hydrogen (secondary N) is 1. The summed E-state index contributed by atoms with van der Waals surface area (Å²) in [5, 5.41) is 15.1. The molecule has 0 amide bonds. The number of aromatic nitrogens is 3. The van der Waals surface area contributed by atoms with E-state index in [4.69, 9.17) is 31.0 Å². The molecule has 2 unspecified atom stereocenters. The summed E-state index contributed by atoms with van der Waals surface area (Å²) in [5.74, 6) is 0.336. The van der Waals surface area contributed by atoms with Gasteiger partial charge in [-0.2, -0.15) is 9.97 Å². The first kappa shape index (κ1) is 27.7. The van der Waals surface area contributed by atoms with Crippen LogP contribution in [0.25, 0.3) is 22.2 Å². The molecule has 1 saturated carbocycles. The number of aromatic hydroxyl groups is 1. The molecule has 1 aromatic carbocycles. The molecule has 2 bridgehead atoms. The van der Waals surface area contributed by atoms with Crippen molar-refractivity contribution in [2.45, 2.75) is 80.9 Å². The lowest BCUT2D eigenvalue weighted by atomic mass is 9.95. The van der Waals surface area contributed by atoms with Crippen LogP contribution in [0.15, 0.2) is 18.3 Å². The first-order valence-electron chi connectivity index (χ1n) is 15.7. The van der Waals surface area contributed by atoms with Gasteiger partial charge in [-0.15, -0.1) is 0 Å². The van der Waals surface area contributed by atoms with Crippen molar-refractivity contribution in [3.63, 3.8) is 0 Å². The van der Waals surface area contributed by atoms with Crippen molar-refractivity contribution in [1.82, 2.24) is 25.2 Å². The first-order valence-corrected chi connectivity index (χ1v) is 16.1. The van der Waals surface area contributed by atoms with Crippen molar-refractivity contribution in [3.05, 3.63) is 34.7 Å². The molecule has 5 aliphatic rings. The maximum absolute atomic E-state index is 16.7. The van der Waals surface area contributed by atoms with Crippen LogP contribution in [-0.2, 0) is 4.74 Å². The van der Waals surface area contributed by atoms with E-state index in [1.165, 1.54) is 6.07 Å². The Morgan fingerprint density at radius 1 is 1.12 bits per heavy atom. The van der Waals surface area contributed by atoms with Crippen LogP contribution < -0.4 is 15.0 Å². The number of rotatable bonds is 8. The molecule has 4 atom stereocenters. The average Bonchev–Trinajstić information content (AvgIpc) is 3.52. The monoisotopic (exact) mass is 608 g/mol. The van der Waals surface area contributed by atoms with E-state index in [1.807, 2.05) is 0 Å². The Labute approximate surface area is 255 Å². The molecule has 6 heterocycles. The minimum Gasteiger partial charge on any atom is -0.508 e. The second-order valence-corrected chi connectivity index (χ2v) is 13.6. The van der Waals surface area contributed by atoms with E-state index in [9.17, 15) is 5.11 Å². The van der Waals surface area contributed by atoms with Crippen LogP contribution in [0.3, 0.4) is 0 Å². The van der Waals surface area contributed by atoms with Gasteiger partial charge in [0.25, 0.3) is 0 Å². The highest BCUT2D eigenvalue weighted by atomic mass is 35.5. The van der Waals surface area contributed by atoms with Gasteiger partial charge in [-0.1, -0.05) is 11.6 Å². The smallest absolute Gasteiger partial charge is 0.319 e. The SMILES string of the molecule is COC[C@@H]1CC[C@@]2(COc3nc(N4CC5CCC(C4)N5)c4cnc(-c5cc(O)cc(Cl)c5C5CC5)c(F)c4n3)CCCN12. The molecule has 4 aliphatic heterocycles. The Morgan fingerprint density at radius 2 is 1.93 bits per heavy atom. The van der Waals surface area contributed by atoms with Crippen LogP contribution >= 0.6 is 11.6 Å². The minimum atomic E-state index is -0.547. The van der Waals surface area contributed by atoms with Gasteiger partial charge in [0, 0.05) is 55.1 Å². The highest BCUT2D eigenvalue weighted by Gasteiger charge is 2.50. The Morgan fingerprint density at radius 3 is 2.70 bits per heavy atom. The number of methoxy groups -OCH3 is 1. The first-order chi connectivity index (χ1) is 20.9. The topological polar surface area (TPSA) is 95.9 Å². The third kappa shape index (κ3) is 4.81. The quantitative estimate of drug-likeness (QED) is 0.365. The van der Waals surface area contributed by atoms with Gasteiger partial charge in [-0.05, 0) is 81.5 Å². The van der Waals surface area contributed by atoms with E-state index in [0.29, 0.717) is 53.1 Å². The molecule has 2 N–H and O–H groups in total. The van der Waals surface area contributed by atoms with Crippen LogP contribution in [-0.4, -0.2) is 88.6 Å². The van der Waals surface area contributed by atoms with E-state index in [0.717, 1.165) is 76.6 Å². The lowest BCUT2D eigenvalue weighted by molar-refractivity contribution is 0.0521. The van der Waals surface area contributed by atoms with Gasteiger partial charge in [-0.25, -0.2) is 4.39 Å². The van der Waals surface area contributed by atoms with Crippen LogP contribution in [0, 0.1) is 5.82 Å². The molecule has 5 fully saturated rings. The molecule has 9 nitrogen and oxygen atoms in total. The molecular weight excluding hydrogens is 571 g/mol. The average molecular weight is 609 g/mol. The number of fused-ring (bicyclic) bond motifs is 4. The number of pyridine rings is 1. The largest absolute Gasteiger partial charge is 0.508 e. The van der Waals surface area contributed by atoms with Gasteiger partial charge in [0.15, 0.2) is 5.82 Å². The van der Waals surface area contributed by atoms with Crippen LogP contribution in [0.5, 0.6) is 11.8 Å². The van der Waals surface area contributed by atoms with Crippen molar-refractivity contribution in [3.8, 4) is 23.0 Å². The Balaban J connectivity index is 1.20. The van der Waals surface area contributed by atoms with E-state index in [1.54, 1.807) is 19.4 Å². The molecule has 1 aliphatic carbocycles. The number of benzene rings is 1. The minimum absolute atomic E-state index is 0.0156. The van der Waals surface area contributed by atoms with E-state index < -0.39 is 5.82 Å². The zero-order valence-electron chi connectivity index (χ0n) is 24.5. The lowest BCUT2D eigenvalue weighted by Gasteiger charge is -2.35. The third-order valence-corrected chi connectivity index (χ3v) is 10.7. The highest BCUT2D eigenvalue weighted by molar-refractivity contribution is 6.32. The molecule has 2 aromatic heterocycles. The molecule has 0 radical (unpaired) electrons. The van der Waals surface area contributed by atoms with E-state index in [2.05, 4.69) is 20.1 Å². The summed E-state index contributed by atoms with van der Waals surface area (Å²) in [6.45, 7) is 3.78. The Hall–Kier alpha value is -2.79. The van der Waals surface area contributed by atoms with Gasteiger partial charge in [0.2, 0.25) is 0 Å². The van der Waals surface area contributed by atoms with Gasteiger partial charge in [-0.3, -0.25) is 9.88 Å². The Kier molecular flexibility index (Phi) is 6.89. The fourth-order valence-corrected chi connectivity index (χ4v) is 8.62. The highest BCUT2D eigenvalue weighted by Crippen LogP contribution is 2.49. The van der Waals surface area contributed by atoms with Crippen LogP contribution in [0.4, 0.5) is 10.2 Å². The molecule has 11 heteroatoms.